The van der Waals surface area contributed by atoms with E-state index in [1.807, 2.05) is 0 Å². The van der Waals surface area contributed by atoms with E-state index in [-0.39, 0.29) is 11.5 Å². The fourth-order valence-electron chi connectivity index (χ4n) is 2.12. The minimum Gasteiger partial charge on any atom is -0.494 e. The number of anilines is 1. The summed E-state index contributed by atoms with van der Waals surface area (Å²) in [4.78, 5) is 23.7. The number of nitrogens with two attached hydrogens (primary N) is 1. The summed E-state index contributed by atoms with van der Waals surface area (Å²) in [6, 6.07) is 13.5. The lowest BCUT2D eigenvalue weighted by atomic mass is 10.1. The van der Waals surface area contributed by atoms with Crippen LogP contribution in [-0.4, -0.2) is 18.4 Å². The van der Waals surface area contributed by atoms with Crippen LogP contribution in [0.2, 0.25) is 0 Å². The average molecular weight is 326 g/mol. The summed E-state index contributed by atoms with van der Waals surface area (Å²) in [6.07, 6.45) is 0.978. The number of ether oxygens (including phenoxy) is 1. The molecule has 2 rings (SSSR count). The van der Waals surface area contributed by atoms with Crippen LogP contribution in [0.1, 0.15) is 41.0 Å². The van der Waals surface area contributed by atoms with Crippen molar-refractivity contribution in [1.82, 2.24) is 0 Å². The van der Waals surface area contributed by atoms with Crippen LogP contribution in [0.5, 0.6) is 5.75 Å². The molecule has 0 bridgehead atoms. The van der Waals surface area contributed by atoms with E-state index in [4.69, 9.17) is 10.5 Å². The van der Waals surface area contributed by atoms with Crippen molar-refractivity contribution in [2.24, 2.45) is 11.7 Å². The van der Waals surface area contributed by atoms with Crippen LogP contribution in [-0.2, 0) is 0 Å². The summed E-state index contributed by atoms with van der Waals surface area (Å²) < 4.78 is 5.63. The smallest absolute Gasteiger partial charge is 0.255 e. The standard InChI is InChI=1S/C19H22N2O3/c1-13(2)11-12-24-15-9-7-14(8-10-15)19(23)21-17-6-4-3-5-16(17)18(20)22/h3-10,13H,11-12H2,1-2H3,(H2,20,22)(H,21,23). The molecule has 24 heavy (non-hydrogen) atoms. The Morgan fingerprint density at radius 2 is 1.75 bits per heavy atom. The van der Waals surface area contributed by atoms with Gasteiger partial charge in [-0.2, -0.15) is 0 Å². The van der Waals surface area contributed by atoms with Gasteiger partial charge >= 0.3 is 0 Å². The number of para-hydroxylation sites is 1. The van der Waals surface area contributed by atoms with E-state index < -0.39 is 5.91 Å². The first-order chi connectivity index (χ1) is 11.5. The zero-order chi connectivity index (χ0) is 17.5. The third kappa shape index (κ3) is 4.84. The number of primary amides is 1. The van der Waals surface area contributed by atoms with Gasteiger partial charge in [0.25, 0.3) is 11.8 Å². The highest BCUT2D eigenvalue weighted by Gasteiger charge is 2.11. The molecule has 0 heterocycles. The minimum absolute atomic E-state index is 0.277. The van der Waals surface area contributed by atoms with Gasteiger partial charge in [-0.15, -0.1) is 0 Å². The predicted octanol–water partition coefficient (Wildman–Crippen LogP) is 3.46. The Kier molecular flexibility index (Phi) is 5.95. The van der Waals surface area contributed by atoms with Crippen molar-refractivity contribution in [3.63, 3.8) is 0 Å². The van der Waals surface area contributed by atoms with Gasteiger partial charge < -0.3 is 15.8 Å². The number of hydrogen-bond acceptors (Lipinski definition) is 3. The molecule has 126 valence electrons. The molecule has 0 radical (unpaired) electrons. The monoisotopic (exact) mass is 326 g/mol. The third-order valence-corrected chi connectivity index (χ3v) is 3.52. The van der Waals surface area contributed by atoms with Gasteiger partial charge in [-0.25, -0.2) is 0 Å². The van der Waals surface area contributed by atoms with Crippen LogP contribution in [0.25, 0.3) is 0 Å². The number of benzene rings is 2. The van der Waals surface area contributed by atoms with Crippen LogP contribution >= 0.6 is 0 Å². The quantitative estimate of drug-likeness (QED) is 0.817. The molecule has 0 atom stereocenters. The number of rotatable bonds is 7. The molecule has 5 nitrogen and oxygen atoms in total. The molecule has 0 fully saturated rings. The van der Waals surface area contributed by atoms with Crippen molar-refractivity contribution in [1.29, 1.82) is 0 Å². The summed E-state index contributed by atoms with van der Waals surface area (Å²) in [5.74, 6) is 0.419. The van der Waals surface area contributed by atoms with Crippen molar-refractivity contribution in [3.8, 4) is 5.75 Å². The number of nitrogens with one attached hydrogen (secondary N) is 1. The fraction of sp³-hybridized carbons (Fsp3) is 0.263. The van der Waals surface area contributed by atoms with Gasteiger partial charge in [0.15, 0.2) is 0 Å². The fourth-order valence-corrected chi connectivity index (χ4v) is 2.12. The van der Waals surface area contributed by atoms with E-state index in [1.54, 1.807) is 48.5 Å². The predicted molar refractivity (Wildman–Crippen MR) is 94.3 cm³/mol. The van der Waals surface area contributed by atoms with E-state index >= 15 is 0 Å². The first-order valence-corrected chi connectivity index (χ1v) is 7.90. The highest BCUT2D eigenvalue weighted by molar-refractivity contribution is 6.08. The van der Waals surface area contributed by atoms with E-state index in [9.17, 15) is 9.59 Å². The maximum Gasteiger partial charge on any atom is 0.255 e. The van der Waals surface area contributed by atoms with Crippen molar-refractivity contribution < 1.29 is 14.3 Å². The number of carbonyl (C=O) groups excluding carboxylic acids is 2. The van der Waals surface area contributed by atoms with Gasteiger partial charge in [-0.05, 0) is 48.7 Å². The molecule has 0 aromatic heterocycles. The Morgan fingerprint density at radius 3 is 2.38 bits per heavy atom. The molecule has 0 spiro atoms. The summed E-state index contributed by atoms with van der Waals surface area (Å²) in [5, 5.41) is 2.71. The Morgan fingerprint density at radius 1 is 1.08 bits per heavy atom. The second kappa shape index (κ2) is 8.15. The number of carbonyl (C=O) groups is 2. The topological polar surface area (TPSA) is 81.4 Å². The van der Waals surface area contributed by atoms with Crippen molar-refractivity contribution in [3.05, 3.63) is 59.7 Å². The molecule has 0 saturated carbocycles. The van der Waals surface area contributed by atoms with Crippen LogP contribution in [0.3, 0.4) is 0 Å². The van der Waals surface area contributed by atoms with Crippen molar-refractivity contribution in [2.75, 3.05) is 11.9 Å². The molecular formula is C19H22N2O3. The molecule has 3 N–H and O–H groups in total. The highest BCUT2D eigenvalue weighted by Crippen LogP contribution is 2.17. The molecule has 5 heteroatoms. The Hall–Kier alpha value is -2.82. The van der Waals surface area contributed by atoms with Crippen LogP contribution in [0, 0.1) is 5.92 Å². The minimum atomic E-state index is -0.584. The molecule has 2 aromatic rings. The second-order valence-corrected chi connectivity index (χ2v) is 5.92. The van der Waals surface area contributed by atoms with Gasteiger partial charge in [0.2, 0.25) is 0 Å². The zero-order valence-electron chi connectivity index (χ0n) is 13.9. The average Bonchev–Trinajstić information content (AvgIpc) is 2.55. The Balaban J connectivity index is 2.02. The Labute approximate surface area is 141 Å². The summed E-state index contributed by atoms with van der Waals surface area (Å²) >= 11 is 0. The highest BCUT2D eigenvalue weighted by atomic mass is 16.5. The van der Waals surface area contributed by atoms with Crippen LogP contribution in [0.15, 0.2) is 48.5 Å². The van der Waals surface area contributed by atoms with E-state index in [1.165, 1.54) is 0 Å². The van der Waals surface area contributed by atoms with Gasteiger partial charge in [-0.3, -0.25) is 9.59 Å². The lowest BCUT2D eigenvalue weighted by Crippen LogP contribution is -2.18. The first kappa shape index (κ1) is 17.5. The maximum absolute atomic E-state index is 12.3. The molecule has 2 amide bonds. The second-order valence-electron chi connectivity index (χ2n) is 5.92. The van der Waals surface area contributed by atoms with Crippen LogP contribution in [0.4, 0.5) is 5.69 Å². The SMILES string of the molecule is CC(C)CCOc1ccc(C(=O)Nc2ccccc2C(N)=O)cc1. The molecule has 2 aromatic carbocycles. The largest absolute Gasteiger partial charge is 0.494 e. The maximum atomic E-state index is 12.3. The summed E-state index contributed by atoms with van der Waals surface area (Å²) in [5.41, 5.74) is 6.46. The summed E-state index contributed by atoms with van der Waals surface area (Å²) in [7, 11) is 0. The molecular weight excluding hydrogens is 304 g/mol. The van der Waals surface area contributed by atoms with Gasteiger partial charge in [0.05, 0.1) is 17.9 Å². The Bertz CT molecular complexity index is 709. The van der Waals surface area contributed by atoms with Gasteiger partial charge in [-0.1, -0.05) is 26.0 Å². The van der Waals surface area contributed by atoms with Crippen LogP contribution < -0.4 is 15.8 Å². The van der Waals surface area contributed by atoms with E-state index in [0.29, 0.717) is 23.8 Å². The van der Waals surface area contributed by atoms with E-state index in [0.717, 1.165) is 12.2 Å². The normalized spacial score (nSPS) is 10.5. The summed E-state index contributed by atoms with van der Waals surface area (Å²) in [6.45, 7) is 4.93. The molecule has 0 aliphatic carbocycles. The third-order valence-electron chi connectivity index (χ3n) is 3.52. The molecule has 0 aliphatic heterocycles. The van der Waals surface area contributed by atoms with Gasteiger partial charge in [0.1, 0.15) is 5.75 Å². The molecule has 0 saturated heterocycles. The van der Waals surface area contributed by atoms with Gasteiger partial charge in [0, 0.05) is 5.56 Å². The zero-order valence-corrected chi connectivity index (χ0v) is 13.9. The van der Waals surface area contributed by atoms with E-state index in [2.05, 4.69) is 19.2 Å². The van der Waals surface area contributed by atoms with Crippen molar-refractivity contribution >= 4 is 17.5 Å². The first-order valence-electron chi connectivity index (χ1n) is 7.90. The lowest BCUT2D eigenvalue weighted by molar-refractivity contribution is 0.100. The number of hydrogen-bond donors (Lipinski definition) is 2. The molecule has 0 unspecified atom stereocenters. The number of amides is 2. The van der Waals surface area contributed by atoms with Crippen molar-refractivity contribution in [2.45, 2.75) is 20.3 Å². The molecule has 0 aliphatic rings. The lowest BCUT2D eigenvalue weighted by Gasteiger charge is -2.10.